The maximum atomic E-state index is 13.3. The summed E-state index contributed by atoms with van der Waals surface area (Å²) in [5.41, 5.74) is 4.33. The SMILES string of the molecule is Cc1cc(NC(=O)COC(=O)c2c3c(nc4ccccc24)CCC3)n(-c2ccc(F)cc2)n1. The van der Waals surface area contributed by atoms with E-state index in [0.717, 1.165) is 41.4 Å². The van der Waals surface area contributed by atoms with Gasteiger partial charge in [0.1, 0.15) is 11.6 Å². The summed E-state index contributed by atoms with van der Waals surface area (Å²) in [7, 11) is 0. The molecule has 0 unspecified atom stereocenters. The van der Waals surface area contributed by atoms with Gasteiger partial charge < -0.3 is 10.1 Å². The molecule has 7 nitrogen and oxygen atoms in total. The van der Waals surface area contributed by atoms with E-state index >= 15 is 0 Å². The number of carbonyl (C=O) groups is 2. The van der Waals surface area contributed by atoms with Crippen LogP contribution in [0, 0.1) is 12.7 Å². The molecule has 1 amide bonds. The molecule has 4 aromatic rings. The van der Waals surface area contributed by atoms with Crippen LogP contribution >= 0.6 is 0 Å². The number of hydrogen-bond acceptors (Lipinski definition) is 5. The van der Waals surface area contributed by atoms with Gasteiger partial charge in [0, 0.05) is 17.1 Å². The summed E-state index contributed by atoms with van der Waals surface area (Å²) >= 11 is 0. The van der Waals surface area contributed by atoms with Crippen molar-refractivity contribution in [3.05, 3.63) is 82.9 Å². The van der Waals surface area contributed by atoms with Crippen LogP contribution in [0.2, 0.25) is 0 Å². The fraction of sp³-hybridized carbons (Fsp3) is 0.200. The molecule has 1 aliphatic rings. The van der Waals surface area contributed by atoms with Crippen molar-refractivity contribution in [1.29, 1.82) is 0 Å². The third-order valence-electron chi connectivity index (χ3n) is 5.63. The highest BCUT2D eigenvalue weighted by Crippen LogP contribution is 2.30. The van der Waals surface area contributed by atoms with Gasteiger partial charge in [-0.15, -0.1) is 0 Å². The van der Waals surface area contributed by atoms with Gasteiger partial charge in [-0.05, 0) is 62.1 Å². The van der Waals surface area contributed by atoms with Gasteiger partial charge in [0.2, 0.25) is 0 Å². The number of para-hydroxylation sites is 1. The second kappa shape index (κ2) is 8.46. The quantitative estimate of drug-likeness (QED) is 0.468. The van der Waals surface area contributed by atoms with E-state index in [1.165, 1.54) is 16.8 Å². The zero-order valence-corrected chi connectivity index (χ0v) is 18.0. The van der Waals surface area contributed by atoms with E-state index in [1.54, 1.807) is 25.1 Å². The molecule has 0 spiro atoms. The number of carbonyl (C=O) groups excluding carboxylic acids is 2. The van der Waals surface area contributed by atoms with Crippen LogP contribution in [0.25, 0.3) is 16.6 Å². The summed E-state index contributed by atoms with van der Waals surface area (Å²) in [6.45, 7) is 1.34. The van der Waals surface area contributed by atoms with E-state index in [1.807, 2.05) is 24.3 Å². The molecular formula is C25H21FN4O3. The molecule has 0 aliphatic heterocycles. The van der Waals surface area contributed by atoms with Crippen LogP contribution in [-0.2, 0) is 22.4 Å². The Balaban J connectivity index is 1.33. The minimum Gasteiger partial charge on any atom is -0.452 e. The predicted octanol–water partition coefficient (Wildman–Crippen LogP) is 4.15. The lowest BCUT2D eigenvalue weighted by Crippen LogP contribution is -2.23. The molecule has 0 fully saturated rings. The zero-order chi connectivity index (χ0) is 22.9. The first-order valence-electron chi connectivity index (χ1n) is 10.7. The molecule has 8 heteroatoms. The topological polar surface area (TPSA) is 86.1 Å². The molecule has 33 heavy (non-hydrogen) atoms. The number of esters is 1. The monoisotopic (exact) mass is 444 g/mol. The van der Waals surface area contributed by atoms with Gasteiger partial charge in [-0.25, -0.2) is 13.9 Å². The molecule has 2 heterocycles. The standard InChI is InChI=1S/C25H21FN4O3/c1-15-13-22(30(29-15)17-11-9-16(26)10-12-17)28-23(31)14-33-25(32)24-18-5-2-3-7-20(18)27-21-8-4-6-19(21)24/h2-3,5,7,9-13H,4,6,8,14H2,1H3,(H,28,31). The van der Waals surface area contributed by atoms with E-state index in [9.17, 15) is 14.0 Å². The Morgan fingerprint density at radius 1 is 1.12 bits per heavy atom. The Kier molecular flexibility index (Phi) is 5.34. The molecule has 0 atom stereocenters. The van der Waals surface area contributed by atoms with Gasteiger partial charge in [0.05, 0.1) is 22.5 Å². The Labute approximate surface area is 189 Å². The number of nitrogens with zero attached hydrogens (tertiary/aromatic N) is 3. The second-order valence-electron chi connectivity index (χ2n) is 7.97. The number of aryl methyl sites for hydroxylation is 2. The first-order valence-corrected chi connectivity index (χ1v) is 10.7. The van der Waals surface area contributed by atoms with Gasteiger partial charge in [-0.2, -0.15) is 5.10 Å². The lowest BCUT2D eigenvalue weighted by atomic mass is 10.0. The van der Waals surface area contributed by atoms with Crippen LogP contribution in [0.15, 0.2) is 54.6 Å². The Bertz CT molecular complexity index is 1380. The van der Waals surface area contributed by atoms with Crippen molar-refractivity contribution in [2.45, 2.75) is 26.2 Å². The minimum atomic E-state index is -0.537. The number of aromatic nitrogens is 3. The Morgan fingerprint density at radius 2 is 1.91 bits per heavy atom. The van der Waals surface area contributed by atoms with Gasteiger partial charge in [-0.1, -0.05) is 18.2 Å². The van der Waals surface area contributed by atoms with Gasteiger partial charge >= 0.3 is 5.97 Å². The van der Waals surface area contributed by atoms with Gasteiger partial charge in [0.15, 0.2) is 6.61 Å². The highest BCUT2D eigenvalue weighted by atomic mass is 19.1. The number of hydrogen-bond donors (Lipinski definition) is 1. The summed E-state index contributed by atoms with van der Waals surface area (Å²) < 4.78 is 20.2. The van der Waals surface area contributed by atoms with E-state index in [2.05, 4.69) is 15.4 Å². The summed E-state index contributed by atoms with van der Waals surface area (Å²) in [6.07, 6.45) is 2.53. The fourth-order valence-corrected chi connectivity index (χ4v) is 4.19. The van der Waals surface area contributed by atoms with E-state index in [0.29, 0.717) is 22.8 Å². The van der Waals surface area contributed by atoms with E-state index in [-0.39, 0.29) is 5.82 Å². The van der Waals surface area contributed by atoms with E-state index in [4.69, 9.17) is 4.74 Å². The fourth-order valence-electron chi connectivity index (χ4n) is 4.19. The van der Waals surface area contributed by atoms with Crippen molar-refractivity contribution in [1.82, 2.24) is 14.8 Å². The molecule has 0 bridgehead atoms. The molecule has 2 aromatic heterocycles. The van der Waals surface area contributed by atoms with Crippen molar-refractivity contribution in [3.8, 4) is 5.69 Å². The second-order valence-corrected chi connectivity index (χ2v) is 7.97. The largest absolute Gasteiger partial charge is 0.452 e. The molecule has 166 valence electrons. The van der Waals surface area contributed by atoms with Gasteiger partial charge in [0.25, 0.3) is 5.91 Å². The third-order valence-corrected chi connectivity index (χ3v) is 5.63. The van der Waals surface area contributed by atoms with Crippen LogP contribution in [0.4, 0.5) is 10.2 Å². The number of nitrogens with one attached hydrogen (secondary N) is 1. The Morgan fingerprint density at radius 3 is 2.73 bits per heavy atom. The van der Waals surface area contributed by atoms with Crippen LogP contribution < -0.4 is 5.32 Å². The maximum Gasteiger partial charge on any atom is 0.339 e. The average Bonchev–Trinajstić information content (AvgIpc) is 3.42. The third kappa shape index (κ3) is 4.07. The van der Waals surface area contributed by atoms with Crippen LogP contribution in [0.3, 0.4) is 0 Å². The number of pyridine rings is 1. The summed E-state index contributed by atoms with van der Waals surface area (Å²) in [5, 5.41) is 7.79. The van der Waals surface area contributed by atoms with Crippen LogP contribution in [0.5, 0.6) is 0 Å². The number of amides is 1. The van der Waals surface area contributed by atoms with Crippen LogP contribution in [0.1, 0.15) is 33.7 Å². The van der Waals surface area contributed by atoms with E-state index < -0.39 is 18.5 Å². The van der Waals surface area contributed by atoms with Crippen molar-refractivity contribution in [3.63, 3.8) is 0 Å². The zero-order valence-electron chi connectivity index (χ0n) is 18.0. The number of halogens is 1. The molecule has 0 saturated carbocycles. The number of fused-ring (bicyclic) bond motifs is 2. The molecule has 5 rings (SSSR count). The normalized spacial score (nSPS) is 12.5. The van der Waals surface area contributed by atoms with Crippen molar-refractivity contribution >= 4 is 28.6 Å². The number of rotatable bonds is 5. The molecule has 1 aliphatic carbocycles. The van der Waals surface area contributed by atoms with Crippen LogP contribution in [-0.4, -0.2) is 33.2 Å². The number of anilines is 1. The Hall–Kier alpha value is -4.07. The molecule has 2 aromatic carbocycles. The lowest BCUT2D eigenvalue weighted by molar-refractivity contribution is -0.119. The van der Waals surface area contributed by atoms with Crippen molar-refractivity contribution in [2.75, 3.05) is 11.9 Å². The average molecular weight is 444 g/mol. The highest BCUT2D eigenvalue weighted by Gasteiger charge is 2.25. The molecular weight excluding hydrogens is 423 g/mol. The first kappa shape index (κ1) is 20.8. The predicted molar refractivity (Wildman–Crippen MR) is 121 cm³/mol. The molecule has 0 saturated heterocycles. The smallest absolute Gasteiger partial charge is 0.339 e. The molecule has 0 radical (unpaired) electrons. The highest BCUT2D eigenvalue weighted by molar-refractivity contribution is 6.06. The summed E-state index contributed by atoms with van der Waals surface area (Å²) in [4.78, 5) is 30.3. The summed E-state index contributed by atoms with van der Waals surface area (Å²) in [5.74, 6) is -1.00. The van der Waals surface area contributed by atoms with Gasteiger partial charge in [-0.3, -0.25) is 9.78 Å². The van der Waals surface area contributed by atoms with Crippen molar-refractivity contribution < 1.29 is 18.7 Å². The summed E-state index contributed by atoms with van der Waals surface area (Å²) in [6, 6.07) is 14.9. The molecule has 1 N–H and O–H groups in total. The lowest BCUT2D eigenvalue weighted by Gasteiger charge is -2.12. The maximum absolute atomic E-state index is 13.3. The number of ether oxygens (including phenoxy) is 1. The minimum absolute atomic E-state index is 0.366. The first-order chi connectivity index (χ1) is 16.0. The van der Waals surface area contributed by atoms with Crippen molar-refractivity contribution in [2.24, 2.45) is 0 Å². The number of benzene rings is 2.